The molecule has 0 aliphatic carbocycles. The number of hydrogen-bond donors (Lipinski definition) is 1. The van der Waals surface area contributed by atoms with Gasteiger partial charge in [0, 0.05) is 11.3 Å². The molecule has 4 aromatic rings. The Balaban J connectivity index is 1.70. The molecule has 1 N–H and O–H groups in total. The van der Waals surface area contributed by atoms with Crippen molar-refractivity contribution in [2.24, 2.45) is 0 Å². The molecule has 0 atom stereocenters. The van der Waals surface area contributed by atoms with Crippen LogP contribution in [-0.4, -0.2) is 28.2 Å². The fourth-order valence-electron chi connectivity index (χ4n) is 3.42. The fraction of sp³-hybridized carbons (Fsp3) is 0.150. The zero-order chi connectivity index (χ0) is 19.9. The lowest BCUT2D eigenvalue weighted by molar-refractivity contribution is 0.600. The average Bonchev–Trinajstić information content (AvgIpc) is 3.08. The van der Waals surface area contributed by atoms with Crippen LogP contribution in [0.25, 0.3) is 16.9 Å². The van der Waals surface area contributed by atoms with Gasteiger partial charge in [0.15, 0.2) is 5.65 Å². The van der Waals surface area contributed by atoms with Crippen LogP contribution in [0.4, 0.5) is 5.69 Å². The lowest BCUT2D eigenvalue weighted by Crippen LogP contribution is -2.16. The summed E-state index contributed by atoms with van der Waals surface area (Å²) in [7, 11) is -3.71. The SMILES string of the molecule is Cc1cc(C)c(S(=O)(=O)Nc2cccc(-c3ccc4nncn4n3)c2)c(C)c1. The second-order valence-corrected chi connectivity index (χ2v) is 8.39. The second-order valence-electron chi connectivity index (χ2n) is 6.77. The molecule has 0 aliphatic rings. The molecular formula is C20H19N5O2S. The van der Waals surface area contributed by atoms with E-state index in [1.165, 1.54) is 6.33 Å². The molecule has 0 saturated carbocycles. The first-order chi connectivity index (χ1) is 13.3. The van der Waals surface area contributed by atoms with Crippen molar-refractivity contribution in [1.82, 2.24) is 19.8 Å². The summed E-state index contributed by atoms with van der Waals surface area (Å²) in [5.41, 5.74) is 5.07. The summed E-state index contributed by atoms with van der Waals surface area (Å²) in [6, 6.07) is 14.5. The minimum absolute atomic E-state index is 0.313. The third kappa shape index (κ3) is 3.34. The van der Waals surface area contributed by atoms with E-state index in [1.54, 1.807) is 22.7 Å². The summed E-state index contributed by atoms with van der Waals surface area (Å²) in [5, 5.41) is 12.2. The monoisotopic (exact) mass is 393 g/mol. The number of hydrogen-bond acceptors (Lipinski definition) is 5. The maximum Gasteiger partial charge on any atom is 0.262 e. The Hall–Kier alpha value is -3.26. The Labute approximate surface area is 163 Å². The maximum absolute atomic E-state index is 13.0. The Morgan fingerprint density at radius 3 is 2.46 bits per heavy atom. The molecule has 0 bridgehead atoms. The van der Waals surface area contributed by atoms with Gasteiger partial charge in [-0.1, -0.05) is 29.8 Å². The van der Waals surface area contributed by atoms with Gasteiger partial charge < -0.3 is 0 Å². The van der Waals surface area contributed by atoms with Crippen molar-refractivity contribution in [3.63, 3.8) is 0 Å². The summed E-state index contributed by atoms with van der Waals surface area (Å²) < 4.78 is 30.3. The number of nitrogens with one attached hydrogen (secondary N) is 1. The second kappa shape index (κ2) is 6.72. The predicted molar refractivity (Wildman–Crippen MR) is 108 cm³/mol. The van der Waals surface area contributed by atoms with Crippen molar-refractivity contribution in [3.05, 3.63) is 71.5 Å². The minimum Gasteiger partial charge on any atom is -0.280 e. The number of anilines is 1. The number of fused-ring (bicyclic) bond motifs is 1. The smallest absolute Gasteiger partial charge is 0.262 e. The zero-order valence-electron chi connectivity index (χ0n) is 15.7. The quantitative estimate of drug-likeness (QED) is 0.573. The van der Waals surface area contributed by atoms with Crippen molar-refractivity contribution in [1.29, 1.82) is 0 Å². The molecule has 0 aliphatic heterocycles. The molecule has 2 aromatic heterocycles. The first-order valence-electron chi connectivity index (χ1n) is 8.72. The number of aryl methyl sites for hydroxylation is 3. The third-order valence-corrected chi connectivity index (χ3v) is 6.13. The summed E-state index contributed by atoms with van der Waals surface area (Å²) in [4.78, 5) is 0.313. The molecule has 8 heteroatoms. The normalized spacial score (nSPS) is 11.7. The fourth-order valence-corrected chi connectivity index (χ4v) is 4.93. The van der Waals surface area contributed by atoms with E-state index in [9.17, 15) is 8.42 Å². The van der Waals surface area contributed by atoms with Crippen LogP contribution < -0.4 is 4.72 Å². The highest BCUT2D eigenvalue weighted by molar-refractivity contribution is 7.92. The summed E-state index contributed by atoms with van der Waals surface area (Å²) in [6.45, 7) is 5.57. The van der Waals surface area contributed by atoms with Crippen LogP contribution in [0, 0.1) is 20.8 Å². The van der Waals surface area contributed by atoms with E-state index in [0.29, 0.717) is 21.9 Å². The number of benzene rings is 2. The van der Waals surface area contributed by atoms with E-state index in [0.717, 1.165) is 22.3 Å². The highest BCUT2D eigenvalue weighted by Gasteiger charge is 2.20. The minimum atomic E-state index is -3.71. The van der Waals surface area contributed by atoms with E-state index in [1.807, 2.05) is 51.1 Å². The topological polar surface area (TPSA) is 89.2 Å². The highest BCUT2D eigenvalue weighted by atomic mass is 32.2. The van der Waals surface area contributed by atoms with E-state index >= 15 is 0 Å². The van der Waals surface area contributed by atoms with Gasteiger partial charge in [-0.05, 0) is 56.2 Å². The number of rotatable bonds is 4. The van der Waals surface area contributed by atoms with Gasteiger partial charge in [-0.3, -0.25) is 4.72 Å². The molecule has 0 spiro atoms. The van der Waals surface area contributed by atoms with Crippen molar-refractivity contribution in [3.8, 4) is 11.3 Å². The van der Waals surface area contributed by atoms with E-state index in [-0.39, 0.29) is 0 Å². The van der Waals surface area contributed by atoms with Crippen LogP contribution in [0.2, 0.25) is 0 Å². The number of aromatic nitrogens is 4. The highest BCUT2D eigenvalue weighted by Crippen LogP contribution is 2.26. The molecule has 0 fully saturated rings. The average molecular weight is 393 g/mol. The summed E-state index contributed by atoms with van der Waals surface area (Å²) >= 11 is 0. The molecule has 7 nitrogen and oxygen atoms in total. The molecule has 2 aromatic carbocycles. The van der Waals surface area contributed by atoms with Gasteiger partial charge in [0.1, 0.15) is 6.33 Å². The Morgan fingerprint density at radius 2 is 1.71 bits per heavy atom. The van der Waals surface area contributed by atoms with Crippen LogP contribution in [0.15, 0.2) is 59.8 Å². The van der Waals surface area contributed by atoms with Crippen LogP contribution in [-0.2, 0) is 10.0 Å². The predicted octanol–water partition coefficient (Wildman–Crippen LogP) is 3.52. The summed E-state index contributed by atoms with van der Waals surface area (Å²) in [5.74, 6) is 0. The van der Waals surface area contributed by atoms with Crippen molar-refractivity contribution < 1.29 is 8.42 Å². The standard InChI is InChI=1S/C20H19N5O2S/c1-13-9-14(2)20(15(3)10-13)28(26,27)24-17-6-4-5-16(11-17)18-7-8-19-22-21-12-25(19)23-18/h4-12,24H,1-3H3. The molecule has 0 unspecified atom stereocenters. The van der Waals surface area contributed by atoms with Crippen LogP contribution in [0.3, 0.4) is 0 Å². The Kier molecular flexibility index (Phi) is 4.35. The molecular weight excluding hydrogens is 374 g/mol. The van der Waals surface area contributed by atoms with Crippen LogP contribution in [0.1, 0.15) is 16.7 Å². The molecule has 0 saturated heterocycles. The first-order valence-corrected chi connectivity index (χ1v) is 10.2. The van der Waals surface area contributed by atoms with Gasteiger partial charge in [0.25, 0.3) is 10.0 Å². The van der Waals surface area contributed by atoms with Gasteiger partial charge in [-0.15, -0.1) is 10.2 Å². The maximum atomic E-state index is 13.0. The van der Waals surface area contributed by atoms with Crippen LogP contribution >= 0.6 is 0 Å². The van der Waals surface area contributed by atoms with Crippen molar-refractivity contribution in [2.75, 3.05) is 4.72 Å². The van der Waals surface area contributed by atoms with E-state index in [4.69, 9.17) is 0 Å². The number of nitrogens with zero attached hydrogens (tertiary/aromatic N) is 4. The van der Waals surface area contributed by atoms with Gasteiger partial charge in [0.2, 0.25) is 0 Å². The summed E-state index contributed by atoms with van der Waals surface area (Å²) in [6.07, 6.45) is 1.52. The van der Waals surface area contributed by atoms with Gasteiger partial charge >= 0.3 is 0 Å². The van der Waals surface area contributed by atoms with Gasteiger partial charge in [-0.2, -0.15) is 9.61 Å². The molecule has 4 rings (SSSR count). The molecule has 2 heterocycles. The van der Waals surface area contributed by atoms with Gasteiger partial charge in [-0.25, -0.2) is 8.42 Å². The number of sulfonamides is 1. The lowest BCUT2D eigenvalue weighted by Gasteiger charge is -2.14. The largest absolute Gasteiger partial charge is 0.280 e. The molecule has 0 amide bonds. The third-order valence-electron chi connectivity index (χ3n) is 4.45. The van der Waals surface area contributed by atoms with Gasteiger partial charge in [0.05, 0.1) is 10.6 Å². The molecule has 28 heavy (non-hydrogen) atoms. The van der Waals surface area contributed by atoms with E-state index in [2.05, 4.69) is 20.0 Å². The molecule has 142 valence electrons. The van der Waals surface area contributed by atoms with Crippen molar-refractivity contribution in [2.45, 2.75) is 25.7 Å². The Morgan fingerprint density at radius 1 is 0.964 bits per heavy atom. The van der Waals surface area contributed by atoms with E-state index < -0.39 is 10.0 Å². The molecule has 0 radical (unpaired) electrons. The Bertz CT molecular complexity index is 1270. The lowest BCUT2D eigenvalue weighted by atomic mass is 10.1. The van der Waals surface area contributed by atoms with Crippen LogP contribution in [0.5, 0.6) is 0 Å². The van der Waals surface area contributed by atoms with Crippen molar-refractivity contribution >= 4 is 21.4 Å². The first kappa shape index (κ1) is 18.1. The zero-order valence-corrected chi connectivity index (χ0v) is 16.5.